The van der Waals surface area contributed by atoms with E-state index < -0.39 is 17.7 Å². The van der Waals surface area contributed by atoms with Crippen molar-refractivity contribution in [3.05, 3.63) is 59.0 Å². The standard InChI is InChI=1S/C23H21BrF2N4O3/c1-2-27-23(31)33-20-11-15(25)10-17(26)22(20)32-8-4-3-7-30-13-29-19-12-28-18-6-5-14(24)9-16(18)21(19)30/h5-6,9-13H,2-4,7-8H2,1H3,(H,27,31). The highest BCUT2D eigenvalue weighted by atomic mass is 79.9. The van der Waals surface area contributed by atoms with Gasteiger partial charge in [-0.25, -0.2) is 18.6 Å². The van der Waals surface area contributed by atoms with Crippen molar-refractivity contribution in [3.8, 4) is 11.5 Å². The van der Waals surface area contributed by atoms with E-state index in [0.717, 1.165) is 38.9 Å². The van der Waals surface area contributed by atoms with Crippen LogP contribution in [0.1, 0.15) is 19.8 Å². The Hall–Kier alpha value is -3.27. The van der Waals surface area contributed by atoms with Gasteiger partial charge in [-0.3, -0.25) is 4.98 Å². The molecule has 172 valence electrons. The Bertz CT molecular complexity index is 1310. The number of aryl methyl sites for hydroxylation is 1. The number of carbonyl (C=O) groups excluding carboxylic acids is 1. The van der Waals surface area contributed by atoms with Crippen LogP contribution in [0, 0.1) is 11.6 Å². The molecule has 2 aromatic carbocycles. The molecule has 0 atom stereocenters. The van der Waals surface area contributed by atoms with E-state index >= 15 is 0 Å². The largest absolute Gasteiger partial charge is 0.487 e. The van der Waals surface area contributed by atoms with Crippen molar-refractivity contribution < 1.29 is 23.0 Å². The number of ether oxygens (including phenoxy) is 2. The molecule has 1 amide bonds. The van der Waals surface area contributed by atoms with Crippen molar-refractivity contribution in [1.29, 1.82) is 0 Å². The van der Waals surface area contributed by atoms with Crippen LogP contribution in [0.5, 0.6) is 11.5 Å². The average molecular weight is 519 g/mol. The predicted molar refractivity (Wildman–Crippen MR) is 124 cm³/mol. The summed E-state index contributed by atoms with van der Waals surface area (Å²) in [5.74, 6) is -2.39. The third-order valence-corrected chi connectivity index (χ3v) is 5.44. The molecule has 0 aliphatic rings. The molecule has 0 aliphatic carbocycles. The first-order valence-electron chi connectivity index (χ1n) is 10.4. The lowest BCUT2D eigenvalue weighted by atomic mass is 10.2. The van der Waals surface area contributed by atoms with E-state index in [9.17, 15) is 13.6 Å². The summed E-state index contributed by atoms with van der Waals surface area (Å²) in [5, 5.41) is 3.40. The summed E-state index contributed by atoms with van der Waals surface area (Å²) in [4.78, 5) is 20.5. The fourth-order valence-electron chi connectivity index (χ4n) is 3.49. The molecule has 33 heavy (non-hydrogen) atoms. The highest BCUT2D eigenvalue weighted by Crippen LogP contribution is 2.32. The molecule has 7 nitrogen and oxygen atoms in total. The first kappa shape index (κ1) is 22.9. The molecule has 0 radical (unpaired) electrons. The third kappa shape index (κ3) is 5.22. The summed E-state index contributed by atoms with van der Waals surface area (Å²) in [7, 11) is 0. The van der Waals surface area contributed by atoms with E-state index in [2.05, 4.69) is 31.2 Å². The SMILES string of the molecule is CCNC(=O)Oc1cc(F)cc(F)c1OCCCCn1cnc2cnc3ccc(Br)cc3c21. The second-order valence-electron chi connectivity index (χ2n) is 7.28. The van der Waals surface area contributed by atoms with Gasteiger partial charge in [0.15, 0.2) is 17.3 Å². The number of hydrogen-bond acceptors (Lipinski definition) is 5. The van der Waals surface area contributed by atoms with Crippen LogP contribution in [0.15, 0.2) is 47.3 Å². The molecule has 1 N–H and O–H groups in total. The van der Waals surface area contributed by atoms with E-state index in [1.54, 1.807) is 19.4 Å². The van der Waals surface area contributed by atoms with E-state index in [-0.39, 0.29) is 18.1 Å². The second-order valence-corrected chi connectivity index (χ2v) is 8.20. The molecule has 0 spiro atoms. The van der Waals surface area contributed by atoms with Crippen LogP contribution < -0.4 is 14.8 Å². The lowest BCUT2D eigenvalue weighted by Gasteiger charge is -2.13. The zero-order valence-electron chi connectivity index (χ0n) is 17.8. The summed E-state index contributed by atoms with van der Waals surface area (Å²) in [6.45, 7) is 2.85. The molecule has 0 saturated carbocycles. The second kappa shape index (κ2) is 10.1. The Morgan fingerprint density at radius 1 is 1.15 bits per heavy atom. The van der Waals surface area contributed by atoms with Crippen LogP contribution in [0.4, 0.5) is 13.6 Å². The number of amides is 1. The number of carbonyl (C=O) groups is 1. The zero-order chi connectivity index (χ0) is 23.4. The van der Waals surface area contributed by atoms with Gasteiger partial charge in [0.05, 0.1) is 30.2 Å². The van der Waals surface area contributed by atoms with Crippen LogP contribution >= 0.6 is 15.9 Å². The summed E-state index contributed by atoms with van der Waals surface area (Å²) in [5.41, 5.74) is 2.67. The Balaban J connectivity index is 1.41. The van der Waals surface area contributed by atoms with Gasteiger partial charge in [-0.2, -0.15) is 0 Å². The van der Waals surface area contributed by atoms with Crippen molar-refractivity contribution in [2.45, 2.75) is 26.3 Å². The van der Waals surface area contributed by atoms with Gasteiger partial charge in [-0.15, -0.1) is 0 Å². The topological polar surface area (TPSA) is 78.3 Å². The summed E-state index contributed by atoms with van der Waals surface area (Å²) >= 11 is 3.50. The van der Waals surface area contributed by atoms with Gasteiger partial charge >= 0.3 is 6.09 Å². The van der Waals surface area contributed by atoms with Gasteiger partial charge in [0.25, 0.3) is 0 Å². The van der Waals surface area contributed by atoms with Crippen molar-refractivity contribution in [2.24, 2.45) is 0 Å². The Labute approximate surface area is 196 Å². The number of benzene rings is 2. The number of nitrogens with zero attached hydrogens (tertiary/aromatic N) is 3. The first-order valence-corrected chi connectivity index (χ1v) is 11.2. The predicted octanol–water partition coefficient (Wildman–Crippen LogP) is 5.59. The highest BCUT2D eigenvalue weighted by molar-refractivity contribution is 9.10. The number of aromatic nitrogens is 3. The first-order chi connectivity index (χ1) is 16.0. The van der Waals surface area contributed by atoms with Crippen molar-refractivity contribution in [2.75, 3.05) is 13.2 Å². The molecule has 0 fully saturated rings. The Morgan fingerprint density at radius 3 is 2.82 bits per heavy atom. The number of rotatable bonds is 8. The summed E-state index contributed by atoms with van der Waals surface area (Å²) in [6.07, 6.45) is 4.01. The lowest BCUT2D eigenvalue weighted by Crippen LogP contribution is -2.26. The third-order valence-electron chi connectivity index (χ3n) is 4.94. The quantitative estimate of drug-likeness (QED) is 0.307. The van der Waals surface area contributed by atoms with Crippen LogP contribution in [0.2, 0.25) is 0 Å². The molecular weight excluding hydrogens is 498 g/mol. The van der Waals surface area contributed by atoms with Crippen molar-refractivity contribution in [1.82, 2.24) is 19.9 Å². The minimum Gasteiger partial charge on any atom is -0.487 e. The van der Waals surface area contributed by atoms with E-state index in [1.807, 2.05) is 22.8 Å². The average Bonchev–Trinajstić information content (AvgIpc) is 3.18. The fraction of sp³-hybridized carbons (Fsp3) is 0.261. The monoisotopic (exact) mass is 518 g/mol. The molecule has 0 unspecified atom stereocenters. The molecule has 2 heterocycles. The smallest absolute Gasteiger partial charge is 0.412 e. The molecule has 0 saturated heterocycles. The maximum Gasteiger partial charge on any atom is 0.412 e. The van der Waals surface area contributed by atoms with Crippen LogP contribution in [0.25, 0.3) is 21.9 Å². The molecule has 4 aromatic rings. The van der Waals surface area contributed by atoms with Gasteiger partial charge in [-0.1, -0.05) is 15.9 Å². The van der Waals surface area contributed by atoms with Gasteiger partial charge in [0.1, 0.15) is 11.3 Å². The minimum atomic E-state index is -0.931. The number of unbranched alkanes of at least 4 members (excludes halogenated alkanes) is 1. The van der Waals surface area contributed by atoms with Gasteiger partial charge < -0.3 is 19.4 Å². The van der Waals surface area contributed by atoms with Gasteiger partial charge in [0, 0.05) is 35.1 Å². The number of pyridine rings is 1. The minimum absolute atomic E-state index is 0.161. The normalized spacial score (nSPS) is 11.2. The number of hydrogen-bond donors (Lipinski definition) is 1. The lowest BCUT2D eigenvalue weighted by molar-refractivity contribution is 0.196. The van der Waals surface area contributed by atoms with Gasteiger partial charge in [-0.05, 0) is 38.0 Å². The van der Waals surface area contributed by atoms with E-state index in [4.69, 9.17) is 9.47 Å². The van der Waals surface area contributed by atoms with E-state index in [1.165, 1.54) is 0 Å². The molecule has 0 bridgehead atoms. The summed E-state index contributed by atoms with van der Waals surface area (Å²) in [6, 6.07) is 7.51. The molecule has 10 heteroatoms. The maximum absolute atomic E-state index is 14.2. The Morgan fingerprint density at radius 2 is 2.00 bits per heavy atom. The molecule has 0 aliphatic heterocycles. The van der Waals surface area contributed by atoms with Crippen LogP contribution in [-0.2, 0) is 6.54 Å². The van der Waals surface area contributed by atoms with Gasteiger partial charge in [0.2, 0.25) is 0 Å². The Kier molecular flexibility index (Phi) is 7.02. The van der Waals surface area contributed by atoms with Crippen LogP contribution in [0.3, 0.4) is 0 Å². The highest BCUT2D eigenvalue weighted by Gasteiger charge is 2.17. The molecule has 4 rings (SSSR count). The summed E-state index contributed by atoms with van der Waals surface area (Å²) < 4.78 is 41.3. The van der Waals surface area contributed by atoms with Crippen molar-refractivity contribution in [3.63, 3.8) is 0 Å². The fourth-order valence-corrected chi connectivity index (χ4v) is 3.85. The number of nitrogens with one attached hydrogen (secondary N) is 1. The van der Waals surface area contributed by atoms with Crippen LogP contribution in [-0.4, -0.2) is 33.8 Å². The van der Waals surface area contributed by atoms with E-state index in [0.29, 0.717) is 25.6 Å². The zero-order valence-corrected chi connectivity index (χ0v) is 19.4. The number of fused-ring (bicyclic) bond motifs is 3. The number of imidazole rings is 1. The van der Waals surface area contributed by atoms with Crippen molar-refractivity contribution >= 4 is 44.0 Å². The molecular formula is C23H21BrF2N4O3. The maximum atomic E-state index is 14.2. The number of halogens is 3. The molecule has 2 aromatic heterocycles.